The van der Waals surface area contributed by atoms with E-state index in [1.54, 1.807) is 0 Å². The number of benzene rings is 1. The first-order valence-electron chi connectivity index (χ1n) is 5.58. The third-order valence-corrected chi connectivity index (χ3v) is 3.46. The second-order valence-electron chi connectivity index (χ2n) is 4.58. The summed E-state index contributed by atoms with van der Waals surface area (Å²) in [6.07, 6.45) is 0.683. The minimum Gasteiger partial charge on any atom is -0.396 e. The predicted octanol–water partition coefficient (Wildman–Crippen LogP) is 1.98. The normalized spacial score (nSPS) is 28.5. The second-order valence-corrected chi connectivity index (χ2v) is 4.58. The van der Waals surface area contributed by atoms with Crippen LogP contribution in [0, 0.1) is 17.8 Å². The summed E-state index contributed by atoms with van der Waals surface area (Å²) in [4.78, 5) is 0. The monoisotopic (exact) mass is 206 g/mol. The van der Waals surface area contributed by atoms with Crippen LogP contribution >= 0.6 is 0 Å². The summed E-state index contributed by atoms with van der Waals surface area (Å²) in [7, 11) is 0. The Morgan fingerprint density at radius 3 is 2.53 bits per heavy atom. The molecule has 82 valence electrons. The van der Waals surface area contributed by atoms with Crippen molar-refractivity contribution in [2.75, 3.05) is 6.61 Å². The van der Waals surface area contributed by atoms with Gasteiger partial charge in [0, 0.05) is 6.61 Å². The highest BCUT2D eigenvalue weighted by atomic mass is 16.3. The van der Waals surface area contributed by atoms with Crippen LogP contribution in [0.1, 0.15) is 25.0 Å². The summed E-state index contributed by atoms with van der Waals surface area (Å²) >= 11 is 0. The van der Waals surface area contributed by atoms with Gasteiger partial charge < -0.3 is 10.2 Å². The highest BCUT2D eigenvalue weighted by Gasteiger charge is 2.45. The summed E-state index contributed by atoms with van der Waals surface area (Å²) in [5.41, 5.74) is 0.995. The van der Waals surface area contributed by atoms with Crippen molar-refractivity contribution in [2.45, 2.75) is 19.4 Å². The first-order valence-corrected chi connectivity index (χ1v) is 5.58. The van der Waals surface area contributed by atoms with E-state index in [4.69, 9.17) is 5.11 Å². The number of hydrogen-bond donors (Lipinski definition) is 2. The molecule has 15 heavy (non-hydrogen) atoms. The van der Waals surface area contributed by atoms with Gasteiger partial charge in [0.2, 0.25) is 0 Å². The van der Waals surface area contributed by atoms with Crippen LogP contribution in [0.4, 0.5) is 0 Å². The van der Waals surface area contributed by atoms with Crippen LogP contribution in [0.3, 0.4) is 0 Å². The zero-order valence-corrected chi connectivity index (χ0v) is 9.00. The maximum atomic E-state index is 10.1. The summed E-state index contributed by atoms with van der Waals surface area (Å²) in [5, 5.41) is 19.1. The smallest absolute Gasteiger partial charge is 0.0821 e. The molecule has 0 spiro atoms. The van der Waals surface area contributed by atoms with Crippen molar-refractivity contribution in [3.8, 4) is 0 Å². The molecule has 1 aromatic carbocycles. The van der Waals surface area contributed by atoms with Gasteiger partial charge in [-0.25, -0.2) is 0 Å². The molecule has 0 aliphatic heterocycles. The lowest BCUT2D eigenvalue weighted by atomic mass is 9.99. The lowest BCUT2D eigenvalue weighted by Gasteiger charge is -2.12. The van der Waals surface area contributed by atoms with Crippen LogP contribution < -0.4 is 0 Å². The summed E-state index contributed by atoms with van der Waals surface area (Å²) in [6, 6.07) is 9.78. The lowest BCUT2D eigenvalue weighted by molar-refractivity contribution is 0.133. The van der Waals surface area contributed by atoms with E-state index in [-0.39, 0.29) is 12.7 Å². The van der Waals surface area contributed by atoms with Crippen LogP contribution in [-0.2, 0) is 0 Å². The van der Waals surface area contributed by atoms with Gasteiger partial charge in [0.15, 0.2) is 0 Å². The first-order chi connectivity index (χ1) is 7.24. The first kappa shape index (κ1) is 10.7. The molecule has 1 saturated carbocycles. The van der Waals surface area contributed by atoms with E-state index >= 15 is 0 Å². The number of aliphatic hydroxyl groups excluding tert-OH is 2. The van der Waals surface area contributed by atoms with Gasteiger partial charge in [-0.1, -0.05) is 37.3 Å². The molecule has 2 N–H and O–H groups in total. The van der Waals surface area contributed by atoms with E-state index < -0.39 is 0 Å². The largest absolute Gasteiger partial charge is 0.396 e. The Labute approximate surface area is 90.6 Å². The summed E-state index contributed by atoms with van der Waals surface area (Å²) in [5.74, 6) is 1.15. The minimum absolute atomic E-state index is 0.225. The molecule has 0 amide bonds. The summed E-state index contributed by atoms with van der Waals surface area (Å²) in [6.45, 7) is 2.27. The van der Waals surface area contributed by atoms with Crippen LogP contribution in [0.25, 0.3) is 0 Å². The van der Waals surface area contributed by atoms with Crippen LogP contribution in [0.15, 0.2) is 30.3 Å². The lowest BCUT2D eigenvalue weighted by Crippen LogP contribution is -2.08. The average Bonchev–Trinajstić information content (AvgIpc) is 3.08. The fourth-order valence-corrected chi connectivity index (χ4v) is 2.29. The van der Waals surface area contributed by atoms with E-state index in [0.717, 1.165) is 12.0 Å². The van der Waals surface area contributed by atoms with Crippen molar-refractivity contribution in [1.82, 2.24) is 0 Å². The number of hydrogen-bond acceptors (Lipinski definition) is 2. The van der Waals surface area contributed by atoms with Crippen molar-refractivity contribution >= 4 is 0 Å². The van der Waals surface area contributed by atoms with Crippen LogP contribution in [-0.4, -0.2) is 16.8 Å². The third kappa shape index (κ3) is 2.21. The molecule has 0 aromatic heterocycles. The Kier molecular flexibility index (Phi) is 3.08. The maximum Gasteiger partial charge on any atom is 0.0821 e. The van der Waals surface area contributed by atoms with Gasteiger partial charge in [0.25, 0.3) is 0 Å². The van der Waals surface area contributed by atoms with Crippen LogP contribution in [0.2, 0.25) is 0 Å². The molecule has 2 nitrogen and oxygen atoms in total. The molecule has 0 saturated heterocycles. The van der Waals surface area contributed by atoms with Gasteiger partial charge in [-0.3, -0.25) is 0 Å². The predicted molar refractivity (Wildman–Crippen MR) is 59.2 cm³/mol. The second kappa shape index (κ2) is 4.33. The standard InChI is InChI=1S/C13H18O2/c1-9(8-14)11-7-12(11)13(15)10-5-3-2-4-6-10/h2-6,9,11-15H,7-8H2,1H3/t9-,11-,12-,13-/m0/s1. The topological polar surface area (TPSA) is 40.5 Å². The molecule has 0 radical (unpaired) electrons. The maximum absolute atomic E-state index is 10.1. The Morgan fingerprint density at radius 1 is 1.27 bits per heavy atom. The molecule has 0 heterocycles. The van der Waals surface area contributed by atoms with E-state index in [9.17, 15) is 5.11 Å². The molecule has 1 aliphatic carbocycles. The molecule has 0 unspecified atom stereocenters. The molecule has 1 aromatic rings. The molecule has 4 atom stereocenters. The van der Waals surface area contributed by atoms with Crippen molar-refractivity contribution in [1.29, 1.82) is 0 Å². The van der Waals surface area contributed by atoms with Gasteiger partial charge in [0.1, 0.15) is 0 Å². The van der Waals surface area contributed by atoms with Crippen molar-refractivity contribution in [3.05, 3.63) is 35.9 Å². The molecular weight excluding hydrogens is 188 g/mol. The number of aliphatic hydroxyl groups is 2. The average molecular weight is 206 g/mol. The third-order valence-electron chi connectivity index (χ3n) is 3.46. The van der Waals surface area contributed by atoms with Gasteiger partial charge in [-0.15, -0.1) is 0 Å². The Hall–Kier alpha value is -0.860. The van der Waals surface area contributed by atoms with Crippen molar-refractivity contribution < 1.29 is 10.2 Å². The SMILES string of the molecule is C[C@@H](CO)[C@@H]1C[C@@H]1[C@@H](O)c1ccccc1. The van der Waals surface area contributed by atoms with Gasteiger partial charge in [-0.05, 0) is 29.7 Å². The van der Waals surface area contributed by atoms with Crippen molar-refractivity contribution in [3.63, 3.8) is 0 Å². The number of rotatable bonds is 4. The van der Waals surface area contributed by atoms with E-state index in [1.165, 1.54) is 0 Å². The molecule has 0 bridgehead atoms. The van der Waals surface area contributed by atoms with Gasteiger partial charge in [-0.2, -0.15) is 0 Å². The van der Waals surface area contributed by atoms with Gasteiger partial charge >= 0.3 is 0 Å². The molecular formula is C13H18O2. The molecule has 2 heteroatoms. The Balaban J connectivity index is 1.97. The van der Waals surface area contributed by atoms with E-state index in [1.807, 2.05) is 37.3 Å². The summed E-state index contributed by atoms with van der Waals surface area (Å²) < 4.78 is 0. The highest BCUT2D eigenvalue weighted by molar-refractivity contribution is 5.20. The quantitative estimate of drug-likeness (QED) is 0.791. The molecule has 2 rings (SSSR count). The van der Waals surface area contributed by atoms with E-state index in [0.29, 0.717) is 17.8 Å². The zero-order valence-electron chi connectivity index (χ0n) is 9.00. The fourth-order valence-electron chi connectivity index (χ4n) is 2.29. The van der Waals surface area contributed by atoms with Gasteiger partial charge in [0.05, 0.1) is 6.10 Å². The van der Waals surface area contributed by atoms with Crippen LogP contribution in [0.5, 0.6) is 0 Å². The Bertz CT molecular complexity index is 310. The highest BCUT2D eigenvalue weighted by Crippen LogP contribution is 2.51. The van der Waals surface area contributed by atoms with E-state index in [2.05, 4.69) is 0 Å². The minimum atomic E-state index is -0.356. The van der Waals surface area contributed by atoms with Crippen molar-refractivity contribution in [2.24, 2.45) is 17.8 Å². The fraction of sp³-hybridized carbons (Fsp3) is 0.538. The molecule has 1 fully saturated rings. The Morgan fingerprint density at radius 2 is 1.93 bits per heavy atom. The molecule has 1 aliphatic rings. The zero-order chi connectivity index (χ0) is 10.8.